The number of rotatable bonds is 8. The van der Waals surface area contributed by atoms with Crippen molar-refractivity contribution in [1.82, 2.24) is 10.3 Å². The van der Waals surface area contributed by atoms with Crippen molar-refractivity contribution in [2.75, 3.05) is 11.9 Å². The van der Waals surface area contributed by atoms with Crippen molar-refractivity contribution in [3.63, 3.8) is 0 Å². The highest BCUT2D eigenvalue weighted by molar-refractivity contribution is 5.76. The van der Waals surface area contributed by atoms with Gasteiger partial charge in [-0.05, 0) is 35.1 Å². The van der Waals surface area contributed by atoms with Gasteiger partial charge in [-0.2, -0.15) is 0 Å². The standard InChI is InChI=1S/C21H29N3O/c1-15(2)18-9-7-10-19(16(3)4)21(18)23-13-11-20(25)24-14-17-8-5-6-12-22-17/h5-10,12,15-16,23H,11,13-14H2,1-4H3,(H,24,25). The lowest BCUT2D eigenvalue weighted by Gasteiger charge is -2.20. The van der Waals surface area contributed by atoms with E-state index in [4.69, 9.17) is 0 Å². The fourth-order valence-electron chi connectivity index (χ4n) is 2.84. The van der Waals surface area contributed by atoms with Gasteiger partial charge < -0.3 is 10.6 Å². The smallest absolute Gasteiger partial charge is 0.222 e. The maximum Gasteiger partial charge on any atom is 0.222 e. The predicted octanol–water partition coefficient (Wildman–Crippen LogP) is 4.45. The summed E-state index contributed by atoms with van der Waals surface area (Å²) in [7, 11) is 0. The summed E-state index contributed by atoms with van der Waals surface area (Å²) >= 11 is 0. The third kappa shape index (κ3) is 5.59. The van der Waals surface area contributed by atoms with Gasteiger partial charge in [0.1, 0.15) is 0 Å². The molecular formula is C21H29N3O. The van der Waals surface area contributed by atoms with Gasteiger partial charge in [0.25, 0.3) is 0 Å². The van der Waals surface area contributed by atoms with Crippen molar-refractivity contribution in [3.8, 4) is 0 Å². The Bertz CT molecular complexity index is 655. The molecule has 0 aliphatic carbocycles. The monoisotopic (exact) mass is 339 g/mol. The molecule has 2 aromatic rings. The fourth-order valence-corrected chi connectivity index (χ4v) is 2.84. The predicted molar refractivity (Wildman–Crippen MR) is 104 cm³/mol. The summed E-state index contributed by atoms with van der Waals surface area (Å²) in [5, 5.41) is 6.42. The van der Waals surface area contributed by atoms with Gasteiger partial charge in [-0.25, -0.2) is 0 Å². The third-order valence-corrected chi connectivity index (χ3v) is 4.22. The van der Waals surface area contributed by atoms with E-state index in [2.05, 4.69) is 61.5 Å². The molecule has 1 aromatic heterocycles. The average molecular weight is 339 g/mol. The number of carbonyl (C=O) groups is 1. The maximum atomic E-state index is 12.1. The van der Waals surface area contributed by atoms with E-state index in [1.54, 1.807) is 6.20 Å². The van der Waals surface area contributed by atoms with Crippen LogP contribution in [0.5, 0.6) is 0 Å². The van der Waals surface area contributed by atoms with Crippen LogP contribution in [-0.4, -0.2) is 17.4 Å². The molecule has 0 aliphatic rings. The molecule has 4 nitrogen and oxygen atoms in total. The first-order chi connectivity index (χ1) is 12.0. The Balaban J connectivity index is 1.91. The second-order valence-corrected chi connectivity index (χ2v) is 6.90. The van der Waals surface area contributed by atoms with Crippen molar-refractivity contribution in [3.05, 3.63) is 59.4 Å². The van der Waals surface area contributed by atoms with Gasteiger partial charge in [0, 0.05) is 24.8 Å². The number of carbonyl (C=O) groups excluding carboxylic acids is 1. The van der Waals surface area contributed by atoms with Crippen molar-refractivity contribution in [2.45, 2.75) is 52.5 Å². The minimum absolute atomic E-state index is 0.0336. The van der Waals surface area contributed by atoms with E-state index >= 15 is 0 Å². The number of nitrogens with zero attached hydrogens (tertiary/aromatic N) is 1. The molecule has 0 unspecified atom stereocenters. The number of anilines is 1. The summed E-state index contributed by atoms with van der Waals surface area (Å²) in [6.07, 6.45) is 2.18. The Morgan fingerprint density at radius 3 is 2.24 bits per heavy atom. The lowest BCUT2D eigenvalue weighted by Crippen LogP contribution is -2.25. The SMILES string of the molecule is CC(C)c1cccc(C(C)C)c1NCCC(=O)NCc1ccccn1. The molecule has 2 N–H and O–H groups in total. The fraction of sp³-hybridized carbons (Fsp3) is 0.429. The molecule has 1 aromatic carbocycles. The second-order valence-electron chi connectivity index (χ2n) is 6.90. The molecule has 0 fully saturated rings. The van der Waals surface area contributed by atoms with E-state index in [1.165, 1.54) is 16.8 Å². The minimum Gasteiger partial charge on any atom is -0.384 e. The van der Waals surface area contributed by atoms with E-state index in [-0.39, 0.29) is 5.91 Å². The first kappa shape index (κ1) is 19.0. The van der Waals surface area contributed by atoms with Crippen LogP contribution in [0.2, 0.25) is 0 Å². The van der Waals surface area contributed by atoms with Crippen molar-refractivity contribution in [2.24, 2.45) is 0 Å². The van der Waals surface area contributed by atoms with E-state index in [0.29, 0.717) is 31.3 Å². The van der Waals surface area contributed by atoms with Gasteiger partial charge in [0.2, 0.25) is 5.91 Å². The van der Waals surface area contributed by atoms with Gasteiger partial charge in [-0.3, -0.25) is 9.78 Å². The van der Waals surface area contributed by atoms with E-state index in [9.17, 15) is 4.79 Å². The Labute approximate surface area is 151 Å². The quantitative estimate of drug-likeness (QED) is 0.747. The molecule has 2 rings (SSSR count). The number of nitrogens with one attached hydrogen (secondary N) is 2. The molecule has 0 radical (unpaired) electrons. The van der Waals surface area contributed by atoms with Gasteiger partial charge in [-0.15, -0.1) is 0 Å². The zero-order valence-corrected chi connectivity index (χ0v) is 15.7. The summed E-state index contributed by atoms with van der Waals surface area (Å²) in [6.45, 7) is 9.89. The molecule has 0 bridgehead atoms. The molecule has 0 saturated carbocycles. The molecule has 134 valence electrons. The molecule has 0 saturated heterocycles. The lowest BCUT2D eigenvalue weighted by atomic mass is 9.92. The van der Waals surface area contributed by atoms with Crippen molar-refractivity contribution in [1.29, 1.82) is 0 Å². The molecular weight excluding hydrogens is 310 g/mol. The van der Waals surface area contributed by atoms with Gasteiger partial charge >= 0.3 is 0 Å². The molecule has 4 heteroatoms. The lowest BCUT2D eigenvalue weighted by molar-refractivity contribution is -0.121. The third-order valence-electron chi connectivity index (χ3n) is 4.22. The number of para-hydroxylation sites is 1. The highest BCUT2D eigenvalue weighted by Gasteiger charge is 2.13. The number of benzene rings is 1. The summed E-state index contributed by atoms with van der Waals surface area (Å²) in [4.78, 5) is 16.3. The van der Waals surface area contributed by atoms with Crippen LogP contribution in [-0.2, 0) is 11.3 Å². The summed E-state index contributed by atoms with van der Waals surface area (Å²) in [5.41, 5.74) is 4.67. The van der Waals surface area contributed by atoms with Crippen LogP contribution >= 0.6 is 0 Å². The van der Waals surface area contributed by atoms with E-state index in [1.807, 2.05) is 18.2 Å². The van der Waals surface area contributed by atoms with Crippen LogP contribution in [0.15, 0.2) is 42.6 Å². The summed E-state index contributed by atoms with van der Waals surface area (Å²) < 4.78 is 0. The Hall–Kier alpha value is -2.36. The molecule has 0 spiro atoms. The highest BCUT2D eigenvalue weighted by atomic mass is 16.1. The summed E-state index contributed by atoms with van der Waals surface area (Å²) in [6, 6.07) is 12.2. The molecule has 25 heavy (non-hydrogen) atoms. The number of amides is 1. The van der Waals surface area contributed by atoms with Crippen LogP contribution < -0.4 is 10.6 Å². The van der Waals surface area contributed by atoms with Crippen LogP contribution in [0, 0.1) is 0 Å². The molecule has 0 aliphatic heterocycles. The van der Waals surface area contributed by atoms with Gasteiger partial charge in [0.15, 0.2) is 0 Å². The Morgan fingerprint density at radius 1 is 1.00 bits per heavy atom. The van der Waals surface area contributed by atoms with Crippen molar-refractivity contribution < 1.29 is 4.79 Å². The number of aromatic nitrogens is 1. The number of hydrogen-bond donors (Lipinski definition) is 2. The highest BCUT2D eigenvalue weighted by Crippen LogP contribution is 2.32. The van der Waals surface area contributed by atoms with Crippen LogP contribution in [0.1, 0.15) is 62.8 Å². The second kappa shape index (κ2) is 9.21. The minimum atomic E-state index is 0.0336. The maximum absolute atomic E-state index is 12.1. The zero-order chi connectivity index (χ0) is 18.2. The van der Waals surface area contributed by atoms with E-state index in [0.717, 1.165) is 5.69 Å². The van der Waals surface area contributed by atoms with E-state index < -0.39 is 0 Å². The van der Waals surface area contributed by atoms with Crippen LogP contribution in [0.3, 0.4) is 0 Å². The largest absolute Gasteiger partial charge is 0.384 e. The van der Waals surface area contributed by atoms with Crippen LogP contribution in [0.4, 0.5) is 5.69 Å². The Kier molecular flexibility index (Phi) is 6.99. The topological polar surface area (TPSA) is 54.0 Å². The Morgan fingerprint density at radius 2 is 1.68 bits per heavy atom. The van der Waals surface area contributed by atoms with Gasteiger partial charge in [-0.1, -0.05) is 52.0 Å². The average Bonchev–Trinajstić information content (AvgIpc) is 2.60. The van der Waals surface area contributed by atoms with Crippen LogP contribution in [0.25, 0.3) is 0 Å². The normalized spacial score (nSPS) is 11.0. The van der Waals surface area contributed by atoms with Gasteiger partial charge in [0.05, 0.1) is 12.2 Å². The first-order valence-electron chi connectivity index (χ1n) is 9.02. The number of pyridine rings is 1. The molecule has 1 heterocycles. The first-order valence-corrected chi connectivity index (χ1v) is 9.02. The molecule has 1 amide bonds. The summed E-state index contributed by atoms with van der Waals surface area (Å²) in [5.74, 6) is 0.921. The zero-order valence-electron chi connectivity index (χ0n) is 15.7. The van der Waals surface area contributed by atoms with Crippen molar-refractivity contribution >= 4 is 11.6 Å². The molecule has 0 atom stereocenters. The number of hydrogen-bond acceptors (Lipinski definition) is 3.